The summed E-state index contributed by atoms with van der Waals surface area (Å²) in [6.45, 7) is 0. The van der Waals surface area contributed by atoms with Crippen molar-refractivity contribution in [2.24, 2.45) is 5.92 Å². The number of carbonyl (C=O) groups excluding carboxylic acids is 1. The summed E-state index contributed by atoms with van der Waals surface area (Å²) in [7, 11) is -3.79. The number of benzene rings is 3. The van der Waals surface area contributed by atoms with Crippen molar-refractivity contribution < 1.29 is 13.2 Å². The zero-order valence-corrected chi connectivity index (χ0v) is 18.8. The van der Waals surface area contributed by atoms with E-state index in [0.717, 1.165) is 16.3 Å². The van der Waals surface area contributed by atoms with Gasteiger partial charge in [-0.15, -0.1) is 0 Å². The summed E-state index contributed by atoms with van der Waals surface area (Å²) in [5, 5.41) is 5.50. The number of aromatic nitrogens is 2. The van der Waals surface area contributed by atoms with Gasteiger partial charge in [0.15, 0.2) is 0 Å². The Balaban J connectivity index is 1.25. The highest BCUT2D eigenvalue weighted by Gasteiger charge is 2.44. The van der Waals surface area contributed by atoms with Gasteiger partial charge >= 0.3 is 0 Å². The molecule has 166 valence electrons. The Bertz CT molecular complexity index is 1440. The van der Waals surface area contributed by atoms with Crippen molar-refractivity contribution >= 4 is 49.9 Å². The SMILES string of the molecule is O=C(Nc1ccc2cccc(Cl)c2c1)[C@@H]1CC1c1ccc(S(=O)(=O)Nc2ncccn2)cc1. The molecule has 9 heteroatoms. The number of nitrogens with one attached hydrogen (secondary N) is 2. The largest absolute Gasteiger partial charge is 0.326 e. The Kier molecular flexibility index (Phi) is 5.47. The Hall–Kier alpha value is -3.49. The average molecular weight is 479 g/mol. The van der Waals surface area contributed by atoms with Gasteiger partial charge in [0, 0.05) is 34.4 Å². The van der Waals surface area contributed by atoms with Crippen LogP contribution in [0.2, 0.25) is 5.02 Å². The van der Waals surface area contributed by atoms with Crippen LogP contribution >= 0.6 is 11.6 Å². The number of halogens is 1. The zero-order chi connectivity index (χ0) is 23.0. The standard InChI is InChI=1S/C24H19ClN4O3S/c25-22-4-1-3-15-5-8-17(13-20(15)22)28-23(30)21-14-19(21)16-6-9-18(10-7-16)33(31,32)29-24-26-11-2-12-27-24/h1-13,19,21H,14H2,(H,28,30)(H,26,27,29)/t19?,21-/m1/s1. The molecule has 4 aromatic rings. The van der Waals surface area contributed by atoms with Crippen molar-refractivity contribution in [3.05, 3.63) is 89.7 Å². The fraction of sp³-hybridized carbons (Fsp3) is 0.125. The maximum atomic E-state index is 12.7. The van der Waals surface area contributed by atoms with E-state index in [-0.39, 0.29) is 28.6 Å². The van der Waals surface area contributed by atoms with Gasteiger partial charge in [0.25, 0.3) is 10.0 Å². The van der Waals surface area contributed by atoms with Crippen LogP contribution in [0.1, 0.15) is 17.9 Å². The lowest BCUT2D eigenvalue weighted by atomic mass is 10.1. The molecule has 0 radical (unpaired) electrons. The Morgan fingerprint density at radius 1 is 0.970 bits per heavy atom. The smallest absolute Gasteiger partial charge is 0.264 e. The topological polar surface area (TPSA) is 101 Å². The molecule has 1 aromatic heterocycles. The number of anilines is 2. The van der Waals surface area contributed by atoms with Crippen molar-refractivity contribution in [3.8, 4) is 0 Å². The third kappa shape index (κ3) is 4.53. The second-order valence-electron chi connectivity index (χ2n) is 7.86. The van der Waals surface area contributed by atoms with Crippen LogP contribution in [0.3, 0.4) is 0 Å². The summed E-state index contributed by atoms with van der Waals surface area (Å²) < 4.78 is 27.4. The van der Waals surface area contributed by atoms with E-state index < -0.39 is 10.0 Å². The molecule has 1 unspecified atom stereocenters. The van der Waals surface area contributed by atoms with Gasteiger partial charge in [0.2, 0.25) is 11.9 Å². The highest BCUT2D eigenvalue weighted by Crippen LogP contribution is 2.48. The minimum atomic E-state index is -3.79. The van der Waals surface area contributed by atoms with Crippen LogP contribution in [0.15, 0.2) is 84.0 Å². The Morgan fingerprint density at radius 3 is 2.48 bits per heavy atom. The molecule has 0 spiro atoms. The van der Waals surface area contributed by atoms with E-state index in [9.17, 15) is 13.2 Å². The number of rotatable bonds is 6. The van der Waals surface area contributed by atoms with Gasteiger partial charge in [-0.2, -0.15) is 0 Å². The molecule has 1 aliphatic rings. The molecule has 2 N–H and O–H groups in total. The molecule has 0 bridgehead atoms. The molecule has 0 aliphatic heterocycles. The molecule has 0 saturated heterocycles. The average Bonchev–Trinajstić information content (AvgIpc) is 3.61. The minimum Gasteiger partial charge on any atom is -0.326 e. The van der Waals surface area contributed by atoms with Crippen LogP contribution in [0.25, 0.3) is 10.8 Å². The van der Waals surface area contributed by atoms with Crippen LogP contribution < -0.4 is 10.0 Å². The maximum Gasteiger partial charge on any atom is 0.264 e. The summed E-state index contributed by atoms with van der Waals surface area (Å²) in [6.07, 6.45) is 3.62. The molecule has 5 rings (SSSR count). The zero-order valence-electron chi connectivity index (χ0n) is 17.3. The van der Waals surface area contributed by atoms with E-state index in [1.807, 2.05) is 36.4 Å². The van der Waals surface area contributed by atoms with E-state index in [0.29, 0.717) is 17.1 Å². The number of hydrogen-bond donors (Lipinski definition) is 2. The van der Waals surface area contributed by atoms with Crippen LogP contribution in [0.5, 0.6) is 0 Å². The number of sulfonamides is 1. The van der Waals surface area contributed by atoms with Gasteiger partial charge in [-0.1, -0.05) is 41.9 Å². The van der Waals surface area contributed by atoms with Crippen LogP contribution in [-0.4, -0.2) is 24.3 Å². The summed E-state index contributed by atoms with van der Waals surface area (Å²) in [4.78, 5) is 20.6. The van der Waals surface area contributed by atoms with E-state index in [2.05, 4.69) is 20.0 Å². The highest BCUT2D eigenvalue weighted by molar-refractivity contribution is 7.92. The molecule has 2 atom stereocenters. The maximum absolute atomic E-state index is 12.7. The quantitative estimate of drug-likeness (QED) is 0.413. The predicted molar refractivity (Wildman–Crippen MR) is 128 cm³/mol. The van der Waals surface area contributed by atoms with Gasteiger partial charge in [-0.3, -0.25) is 4.79 Å². The molecule has 7 nitrogen and oxygen atoms in total. The minimum absolute atomic E-state index is 0.00971. The lowest BCUT2D eigenvalue weighted by Crippen LogP contribution is -2.15. The van der Waals surface area contributed by atoms with E-state index in [1.54, 1.807) is 18.2 Å². The summed E-state index contributed by atoms with van der Waals surface area (Å²) in [5.41, 5.74) is 1.62. The molecule has 1 fully saturated rings. The fourth-order valence-electron chi connectivity index (χ4n) is 3.83. The predicted octanol–water partition coefficient (Wildman–Crippen LogP) is 4.83. The fourth-order valence-corrected chi connectivity index (χ4v) is 5.02. The van der Waals surface area contributed by atoms with E-state index >= 15 is 0 Å². The van der Waals surface area contributed by atoms with Gasteiger partial charge in [-0.25, -0.2) is 23.1 Å². The number of fused-ring (bicyclic) bond motifs is 1. The van der Waals surface area contributed by atoms with E-state index in [1.165, 1.54) is 24.5 Å². The molecule has 1 amide bonds. The summed E-state index contributed by atoms with van der Waals surface area (Å²) in [6, 6.07) is 19.5. The second-order valence-corrected chi connectivity index (χ2v) is 9.95. The molecule has 1 heterocycles. The first-order valence-electron chi connectivity index (χ1n) is 10.3. The molecular formula is C24H19ClN4O3S. The molecular weight excluding hydrogens is 460 g/mol. The third-order valence-corrected chi connectivity index (χ3v) is 7.31. The first-order chi connectivity index (χ1) is 15.9. The van der Waals surface area contributed by atoms with Gasteiger partial charge in [-0.05, 0) is 59.7 Å². The third-order valence-electron chi connectivity index (χ3n) is 5.63. The van der Waals surface area contributed by atoms with Gasteiger partial charge in [0.05, 0.1) is 4.90 Å². The summed E-state index contributed by atoms with van der Waals surface area (Å²) >= 11 is 6.27. The first kappa shape index (κ1) is 21.4. The number of amides is 1. The van der Waals surface area contributed by atoms with Crippen molar-refractivity contribution in [1.82, 2.24) is 9.97 Å². The van der Waals surface area contributed by atoms with Crippen LogP contribution in [0.4, 0.5) is 11.6 Å². The summed E-state index contributed by atoms with van der Waals surface area (Å²) in [5.74, 6) is -0.164. The van der Waals surface area contributed by atoms with Crippen LogP contribution in [0, 0.1) is 5.92 Å². The van der Waals surface area contributed by atoms with Crippen molar-refractivity contribution in [1.29, 1.82) is 0 Å². The first-order valence-corrected chi connectivity index (χ1v) is 12.2. The lowest BCUT2D eigenvalue weighted by Gasteiger charge is -2.08. The van der Waals surface area contributed by atoms with Gasteiger partial charge < -0.3 is 5.32 Å². The van der Waals surface area contributed by atoms with Crippen molar-refractivity contribution in [2.45, 2.75) is 17.2 Å². The molecule has 3 aromatic carbocycles. The number of nitrogens with zero attached hydrogens (tertiary/aromatic N) is 2. The second kappa shape index (κ2) is 8.46. The Labute approximate surface area is 195 Å². The van der Waals surface area contributed by atoms with Crippen molar-refractivity contribution in [3.63, 3.8) is 0 Å². The molecule has 1 aliphatic carbocycles. The number of carbonyl (C=O) groups is 1. The van der Waals surface area contributed by atoms with Crippen LogP contribution in [-0.2, 0) is 14.8 Å². The Morgan fingerprint density at radius 2 is 1.73 bits per heavy atom. The number of hydrogen-bond acceptors (Lipinski definition) is 5. The van der Waals surface area contributed by atoms with Gasteiger partial charge in [0.1, 0.15) is 0 Å². The monoisotopic (exact) mass is 478 g/mol. The highest BCUT2D eigenvalue weighted by atomic mass is 35.5. The van der Waals surface area contributed by atoms with E-state index in [4.69, 9.17) is 11.6 Å². The lowest BCUT2D eigenvalue weighted by molar-refractivity contribution is -0.117. The van der Waals surface area contributed by atoms with Crippen molar-refractivity contribution in [2.75, 3.05) is 10.0 Å². The molecule has 1 saturated carbocycles. The molecule has 33 heavy (non-hydrogen) atoms. The normalized spacial score (nSPS) is 17.5.